The predicted molar refractivity (Wildman–Crippen MR) is 94.6 cm³/mol. The van der Waals surface area contributed by atoms with Gasteiger partial charge in [-0.3, -0.25) is 4.79 Å². The standard InChI is InChI=1S/C18H19N3O3S/c1-9-6-13(7-14(8-19)16(22)20-5)11(3)21(9)17-15(18(23)24)10(2)12(4)25-17/h6-7H,1-5H3,(H,20,22)(H,23,24)/p-1/b14-7+. The lowest BCUT2D eigenvalue weighted by atomic mass is 10.1. The van der Waals surface area contributed by atoms with E-state index in [2.05, 4.69) is 5.32 Å². The molecule has 0 aliphatic heterocycles. The van der Waals surface area contributed by atoms with Crippen molar-refractivity contribution in [1.29, 1.82) is 5.26 Å². The molecule has 6 nitrogen and oxygen atoms in total. The van der Waals surface area contributed by atoms with Gasteiger partial charge in [0.15, 0.2) is 0 Å². The van der Waals surface area contributed by atoms with E-state index in [0.717, 1.165) is 16.3 Å². The Morgan fingerprint density at radius 3 is 2.48 bits per heavy atom. The lowest BCUT2D eigenvalue weighted by Gasteiger charge is -2.12. The summed E-state index contributed by atoms with van der Waals surface area (Å²) in [5.74, 6) is -1.69. The number of likely N-dealkylation sites (N-methyl/N-ethyl adjacent to an activating group) is 1. The molecule has 0 aromatic carbocycles. The molecule has 0 atom stereocenters. The zero-order valence-electron chi connectivity index (χ0n) is 14.7. The first kappa shape index (κ1) is 18.5. The van der Waals surface area contributed by atoms with Gasteiger partial charge >= 0.3 is 0 Å². The molecule has 130 valence electrons. The van der Waals surface area contributed by atoms with E-state index in [-0.39, 0.29) is 11.1 Å². The summed E-state index contributed by atoms with van der Waals surface area (Å²) in [6.45, 7) is 7.29. The molecule has 0 saturated carbocycles. The Bertz CT molecular complexity index is 942. The number of carboxylic acids is 1. The number of nitrogens with zero attached hydrogens (tertiary/aromatic N) is 2. The van der Waals surface area contributed by atoms with Crippen LogP contribution in [0.5, 0.6) is 0 Å². The van der Waals surface area contributed by atoms with Crippen LogP contribution >= 0.6 is 11.3 Å². The summed E-state index contributed by atoms with van der Waals surface area (Å²) in [4.78, 5) is 24.2. The minimum Gasteiger partial charge on any atom is -0.545 e. The van der Waals surface area contributed by atoms with E-state index >= 15 is 0 Å². The van der Waals surface area contributed by atoms with Crippen molar-refractivity contribution >= 4 is 29.3 Å². The summed E-state index contributed by atoms with van der Waals surface area (Å²) >= 11 is 1.38. The van der Waals surface area contributed by atoms with Crippen LogP contribution in [0, 0.1) is 39.0 Å². The predicted octanol–water partition coefficient (Wildman–Crippen LogP) is 1.79. The fourth-order valence-corrected chi connectivity index (χ4v) is 3.95. The van der Waals surface area contributed by atoms with Crippen LogP contribution in [0.3, 0.4) is 0 Å². The van der Waals surface area contributed by atoms with E-state index in [1.54, 1.807) is 6.92 Å². The quantitative estimate of drug-likeness (QED) is 0.667. The van der Waals surface area contributed by atoms with Crippen LogP contribution in [0.4, 0.5) is 0 Å². The minimum atomic E-state index is -1.22. The van der Waals surface area contributed by atoms with Gasteiger partial charge < -0.3 is 19.8 Å². The van der Waals surface area contributed by atoms with Gasteiger partial charge in [-0.15, -0.1) is 11.3 Å². The monoisotopic (exact) mass is 356 g/mol. The molecule has 2 heterocycles. The third-order valence-corrected chi connectivity index (χ3v) is 5.33. The number of hydrogen-bond donors (Lipinski definition) is 1. The zero-order valence-corrected chi connectivity index (χ0v) is 15.5. The van der Waals surface area contributed by atoms with Crippen LogP contribution in [0.2, 0.25) is 0 Å². The van der Waals surface area contributed by atoms with Crippen LogP contribution in [-0.4, -0.2) is 23.5 Å². The highest BCUT2D eigenvalue weighted by atomic mass is 32.1. The van der Waals surface area contributed by atoms with Crippen molar-refractivity contribution in [2.45, 2.75) is 27.7 Å². The third-order valence-electron chi connectivity index (χ3n) is 4.14. The van der Waals surface area contributed by atoms with Crippen LogP contribution in [0.15, 0.2) is 11.6 Å². The van der Waals surface area contributed by atoms with Crippen molar-refractivity contribution in [2.75, 3.05) is 7.05 Å². The normalized spacial score (nSPS) is 11.3. The molecule has 0 aliphatic rings. The van der Waals surface area contributed by atoms with Crippen molar-refractivity contribution < 1.29 is 14.7 Å². The van der Waals surface area contributed by atoms with Gasteiger partial charge in [0.2, 0.25) is 0 Å². The number of aromatic carboxylic acids is 1. The Balaban J connectivity index is 2.69. The van der Waals surface area contributed by atoms with Gasteiger partial charge in [0.1, 0.15) is 16.6 Å². The average molecular weight is 356 g/mol. The van der Waals surface area contributed by atoms with Gasteiger partial charge in [-0.1, -0.05) is 0 Å². The van der Waals surface area contributed by atoms with Crippen LogP contribution in [0.1, 0.15) is 37.7 Å². The smallest absolute Gasteiger partial charge is 0.261 e. The molecule has 0 radical (unpaired) electrons. The number of rotatable bonds is 4. The second-order valence-electron chi connectivity index (χ2n) is 5.66. The largest absolute Gasteiger partial charge is 0.545 e. The topological polar surface area (TPSA) is 98.0 Å². The highest BCUT2D eigenvalue weighted by Crippen LogP contribution is 2.34. The fraction of sp³-hybridized carbons (Fsp3) is 0.278. The number of carbonyl (C=O) groups excluding carboxylic acids is 2. The van der Waals surface area contributed by atoms with E-state index < -0.39 is 11.9 Å². The first-order valence-electron chi connectivity index (χ1n) is 7.57. The van der Waals surface area contributed by atoms with E-state index in [4.69, 9.17) is 5.26 Å². The molecule has 2 rings (SSSR count). The first-order valence-corrected chi connectivity index (χ1v) is 8.39. The molecular weight excluding hydrogens is 338 g/mol. The molecule has 1 N–H and O–H groups in total. The summed E-state index contributed by atoms with van der Waals surface area (Å²) < 4.78 is 1.82. The fourth-order valence-electron chi connectivity index (χ4n) is 2.69. The molecule has 0 bridgehead atoms. The van der Waals surface area contributed by atoms with Crippen LogP contribution in [-0.2, 0) is 4.79 Å². The van der Waals surface area contributed by atoms with E-state index in [0.29, 0.717) is 16.1 Å². The number of aromatic nitrogens is 1. The van der Waals surface area contributed by atoms with E-state index in [1.807, 2.05) is 37.5 Å². The number of nitriles is 1. The SMILES string of the molecule is CNC(=O)/C(C#N)=C/c1cc(C)n(-c2sc(C)c(C)c2C(=O)[O-])c1C. The Morgan fingerprint density at radius 1 is 1.32 bits per heavy atom. The molecule has 25 heavy (non-hydrogen) atoms. The van der Waals surface area contributed by atoms with Gasteiger partial charge in [-0.2, -0.15) is 5.26 Å². The lowest BCUT2D eigenvalue weighted by molar-refractivity contribution is -0.255. The lowest BCUT2D eigenvalue weighted by Crippen LogP contribution is -2.24. The molecule has 2 aromatic rings. The van der Waals surface area contributed by atoms with E-state index in [9.17, 15) is 14.7 Å². The summed E-state index contributed by atoms with van der Waals surface area (Å²) in [6, 6.07) is 3.70. The minimum absolute atomic E-state index is 0.0126. The van der Waals surface area contributed by atoms with Crippen molar-refractivity contribution in [2.24, 2.45) is 0 Å². The Morgan fingerprint density at radius 2 is 1.96 bits per heavy atom. The van der Waals surface area contributed by atoms with Gasteiger partial charge in [0.05, 0.1) is 5.97 Å². The van der Waals surface area contributed by atoms with Crippen LogP contribution in [0.25, 0.3) is 11.1 Å². The molecule has 2 aromatic heterocycles. The number of carbonyl (C=O) groups is 2. The molecule has 0 saturated heterocycles. The second-order valence-corrected chi connectivity index (χ2v) is 6.86. The van der Waals surface area contributed by atoms with E-state index in [1.165, 1.54) is 24.5 Å². The van der Waals surface area contributed by atoms with Gasteiger partial charge in [0, 0.05) is 28.9 Å². The summed E-state index contributed by atoms with van der Waals surface area (Å²) in [5, 5.41) is 23.7. The molecule has 0 aliphatic carbocycles. The number of aryl methyl sites for hydroxylation is 2. The number of nitrogens with one attached hydrogen (secondary N) is 1. The maximum absolute atomic E-state index is 11.7. The molecule has 0 unspecified atom stereocenters. The van der Waals surface area contributed by atoms with Gasteiger partial charge in [0.25, 0.3) is 5.91 Å². The summed E-state index contributed by atoms with van der Waals surface area (Å²) in [5.41, 5.74) is 3.09. The molecule has 0 spiro atoms. The molecule has 7 heteroatoms. The summed E-state index contributed by atoms with van der Waals surface area (Å²) in [6.07, 6.45) is 1.50. The second kappa shape index (κ2) is 6.95. The zero-order chi connectivity index (χ0) is 18.9. The maximum Gasteiger partial charge on any atom is 0.261 e. The van der Waals surface area contributed by atoms with Gasteiger partial charge in [-0.05, 0) is 51.0 Å². The van der Waals surface area contributed by atoms with Crippen molar-refractivity contribution in [3.8, 4) is 11.1 Å². The third kappa shape index (κ3) is 3.21. The highest BCUT2D eigenvalue weighted by molar-refractivity contribution is 7.15. The van der Waals surface area contributed by atoms with Crippen molar-refractivity contribution in [1.82, 2.24) is 9.88 Å². The van der Waals surface area contributed by atoms with Crippen LogP contribution < -0.4 is 10.4 Å². The molecule has 1 amide bonds. The Kier molecular flexibility index (Phi) is 5.14. The summed E-state index contributed by atoms with van der Waals surface area (Å²) in [7, 11) is 1.46. The average Bonchev–Trinajstić information content (AvgIpc) is 3.00. The number of thiophene rings is 1. The highest BCUT2D eigenvalue weighted by Gasteiger charge is 2.19. The number of amides is 1. The first-order chi connectivity index (χ1) is 11.7. The van der Waals surface area contributed by atoms with Gasteiger partial charge in [-0.25, -0.2) is 0 Å². The molecular formula is C18H18N3O3S-. The van der Waals surface area contributed by atoms with Crippen molar-refractivity contribution in [3.63, 3.8) is 0 Å². The Labute approximate surface area is 150 Å². The maximum atomic E-state index is 11.7. The van der Waals surface area contributed by atoms with Crippen molar-refractivity contribution in [3.05, 3.63) is 44.6 Å². The molecule has 0 fully saturated rings. The Hall–Kier alpha value is -2.85. The number of carboxylic acid groups (broad SMARTS) is 1. The number of hydrogen-bond acceptors (Lipinski definition) is 5.